The van der Waals surface area contributed by atoms with Crippen LogP contribution in [0, 0.1) is 24.1 Å². The van der Waals surface area contributed by atoms with Gasteiger partial charge < -0.3 is 9.47 Å². The number of ether oxygens (including phenoxy) is 2. The molecule has 1 aromatic carbocycles. The second-order valence-electron chi connectivity index (χ2n) is 10.1. The molecule has 0 spiro atoms. The second-order valence-corrected chi connectivity index (χ2v) is 11.1. The van der Waals surface area contributed by atoms with Crippen molar-refractivity contribution in [2.45, 2.75) is 45.4 Å². The molecule has 4 rings (SSSR count). The number of halogens is 1. The van der Waals surface area contributed by atoms with E-state index in [1.165, 1.54) is 65.9 Å². The molecule has 42 heavy (non-hydrogen) atoms. The Hall–Kier alpha value is -4.39. The number of aryl methyl sites for hydroxylation is 1. The number of carbonyl (C=O) groups excluding carboxylic acids is 1. The molecular weight excluding hydrogens is 567 g/mol. The molecule has 1 amide bonds. The fourth-order valence-electron chi connectivity index (χ4n) is 4.55. The first-order chi connectivity index (χ1) is 19.9. The van der Waals surface area contributed by atoms with Crippen LogP contribution in [0.15, 0.2) is 40.2 Å². The van der Waals surface area contributed by atoms with E-state index >= 15 is 0 Å². The number of nitrogens with zero attached hydrogens (tertiary/aromatic N) is 7. The van der Waals surface area contributed by atoms with Crippen LogP contribution in [0.25, 0.3) is 15.2 Å². The van der Waals surface area contributed by atoms with Gasteiger partial charge in [-0.15, -0.1) is 4.80 Å². The van der Waals surface area contributed by atoms with E-state index in [0.29, 0.717) is 26.7 Å². The van der Waals surface area contributed by atoms with Crippen molar-refractivity contribution >= 4 is 27.5 Å². The fourth-order valence-corrected chi connectivity index (χ4v) is 5.77. The minimum atomic E-state index is -1.62. The highest BCUT2D eigenvalue weighted by molar-refractivity contribution is 7.21. The lowest BCUT2D eigenvalue weighted by atomic mass is 10.0. The van der Waals surface area contributed by atoms with Crippen molar-refractivity contribution in [3.05, 3.63) is 68.4 Å². The number of amides is 1. The molecule has 13 nitrogen and oxygen atoms in total. The van der Waals surface area contributed by atoms with E-state index in [0.717, 1.165) is 15.9 Å². The second kappa shape index (κ2) is 12.2. The van der Waals surface area contributed by atoms with Crippen LogP contribution in [0.2, 0.25) is 0 Å². The van der Waals surface area contributed by atoms with Crippen LogP contribution in [0.1, 0.15) is 37.5 Å². The van der Waals surface area contributed by atoms with Crippen LogP contribution in [0.5, 0.6) is 5.75 Å². The Labute approximate surface area is 244 Å². The highest BCUT2D eigenvalue weighted by Gasteiger charge is 2.36. The average molecular weight is 599 g/mol. The maximum absolute atomic E-state index is 14.4. The quantitative estimate of drug-likeness (QED) is 0.203. The number of carbonyl (C=O) groups is 1. The molecular formula is C27H31FN8O5S. The van der Waals surface area contributed by atoms with Gasteiger partial charge in [0.05, 0.1) is 50.5 Å². The van der Waals surface area contributed by atoms with Crippen LogP contribution in [0.4, 0.5) is 4.39 Å². The summed E-state index contributed by atoms with van der Waals surface area (Å²) >= 11 is 1.12. The normalized spacial score (nSPS) is 12.5. The lowest BCUT2D eigenvalue weighted by molar-refractivity contribution is -0.132. The molecule has 0 saturated carbocycles. The number of rotatable bonds is 11. The first-order valence-corrected chi connectivity index (χ1v) is 13.7. The Kier molecular flexibility index (Phi) is 8.90. The fraction of sp³-hybridized carbons (Fsp3) is 0.407. The number of nitriles is 1. The number of thiophene rings is 1. The van der Waals surface area contributed by atoms with Gasteiger partial charge in [0.1, 0.15) is 33.0 Å². The van der Waals surface area contributed by atoms with Crippen LogP contribution >= 0.6 is 11.3 Å². The predicted molar refractivity (Wildman–Crippen MR) is 153 cm³/mol. The van der Waals surface area contributed by atoms with Crippen molar-refractivity contribution < 1.29 is 18.7 Å². The van der Waals surface area contributed by atoms with Gasteiger partial charge in [-0.25, -0.2) is 18.8 Å². The van der Waals surface area contributed by atoms with Crippen LogP contribution < -0.4 is 21.4 Å². The van der Waals surface area contributed by atoms with E-state index in [-0.39, 0.29) is 25.0 Å². The summed E-state index contributed by atoms with van der Waals surface area (Å²) in [5.74, 6) is -0.832. The van der Waals surface area contributed by atoms with E-state index < -0.39 is 34.6 Å². The molecule has 0 radical (unpaired) electrons. The van der Waals surface area contributed by atoms with Gasteiger partial charge in [-0.2, -0.15) is 15.5 Å². The third-order valence-electron chi connectivity index (χ3n) is 6.65. The van der Waals surface area contributed by atoms with Crippen molar-refractivity contribution in [3.8, 4) is 16.8 Å². The summed E-state index contributed by atoms with van der Waals surface area (Å²) < 4.78 is 28.1. The van der Waals surface area contributed by atoms with Crippen LogP contribution in [-0.4, -0.2) is 62.9 Å². The molecule has 0 bridgehead atoms. The van der Waals surface area contributed by atoms with Gasteiger partial charge in [0, 0.05) is 25.2 Å². The van der Waals surface area contributed by atoms with E-state index in [2.05, 4.69) is 15.6 Å². The summed E-state index contributed by atoms with van der Waals surface area (Å²) in [5, 5.41) is 19.6. The summed E-state index contributed by atoms with van der Waals surface area (Å²) in [6.45, 7) is 4.44. The highest BCUT2D eigenvalue weighted by atomic mass is 32.1. The summed E-state index contributed by atoms with van der Waals surface area (Å²) in [5.41, 5.74) is 0.363. The number of methoxy groups -OCH3 is 1. The third-order valence-corrected chi connectivity index (χ3v) is 7.93. The molecule has 4 aromatic rings. The van der Waals surface area contributed by atoms with Crippen molar-refractivity contribution in [1.29, 1.82) is 5.26 Å². The Morgan fingerprint density at radius 3 is 2.57 bits per heavy atom. The third kappa shape index (κ3) is 5.69. The van der Waals surface area contributed by atoms with Crippen LogP contribution in [-0.2, 0) is 21.6 Å². The summed E-state index contributed by atoms with van der Waals surface area (Å²) in [6, 6.07) is 5.91. The van der Waals surface area contributed by atoms with Gasteiger partial charge in [0.15, 0.2) is 0 Å². The van der Waals surface area contributed by atoms with E-state index in [4.69, 9.17) is 14.7 Å². The number of hydrazine groups is 1. The maximum atomic E-state index is 14.4. The largest absolute Gasteiger partial charge is 0.496 e. The minimum absolute atomic E-state index is 0.0129. The SMILES string of the molecule is COc1ccc(F)cc1C(Cn1c(=O)n(C(C)(C)C(=O)NN(C)C)c(=O)c2c(C)c(-n3nccn3)sc21)OCCC#N. The highest BCUT2D eigenvalue weighted by Crippen LogP contribution is 2.34. The summed E-state index contributed by atoms with van der Waals surface area (Å²) in [7, 11) is 4.64. The molecule has 3 aromatic heterocycles. The zero-order valence-corrected chi connectivity index (χ0v) is 24.9. The molecule has 0 aliphatic carbocycles. The van der Waals surface area contributed by atoms with Gasteiger partial charge >= 0.3 is 5.69 Å². The molecule has 15 heteroatoms. The lowest BCUT2D eigenvalue weighted by Crippen LogP contribution is -2.57. The van der Waals surface area contributed by atoms with Gasteiger partial charge in [0.25, 0.3) is 11.5 Å². The number of hydrogen-bond donors (Lipinski definition) is 1. The first-order valence-electron chi connectivity index (χ1n) is 12.9. The molecule has 1 atom stereocenters. The van der Waals surface area contributed by atoms with E-state index in [9.17, 15) is 18.8 Å². The molecule has 0 fully saturated rings. The van der Waals surface area contributed by atoms with Crippen molar-refractivity contribution in [2.75, 3.05) is 27.8 Å². The van der Waals surface area contributed by atoms with Gasteiger partial charge in [-0.05, 0) is 39.0 Å². The van der Waals surface area contributed by atoms with E-state index in [1.807, 2.05) is 6.07 Å². The van der Waals surface area contributed by atoms with Crippen molar-refractivity contribution in [3.63, 3.8) is 0 Å². The van der Waals surface area contributed by atoms with E-state index in [1.54, 1.807) is 21.0 Å². The molecule has 0 saturated heterocycles. The molecule has 1 unspecified atom stereocenters. The smallest absolute Gasteiger partial charge is 0.333 e. The molecule has 1 N–H and O–H groups in total. The minimum Gasteiger partial charge on any atom is -0.496 e. The molecule has 3 heterocycles. The van der Waals surface area contributed by atoms with Gasteiger partial charge in [-0.3, -0.25) is 19.6 Å². The summed E-state index contributed by atoms with van der Waals surface area (Å²) in [6.07, 6.45) is 2.05. The summed E-state index contributed by atoms with van der Waals surface area (Å²) in [4.78, 5) is 43.2. The van der Waals surface area contributed by atoms with Crippen molar-refractivity contribution in [1.82, 2.24) is 34.6 Å². The number of fused-ring (bicyclic) bond motifs is 1. The van der Waals surface area contributed by atoms with Crippen LogP contribution in [0.3, 0.4) is 0 Å². The predicted octanol–water partition coefficient (Wildman–Crippen LogP) is 2.26. The molecule has 0 aliphatic heterocycles. The number of aromatic nitrogens is 5. The Morgan fingerprint density at radius 2 is 1.95 bits per heavy atom. The monoisotopic (exact) mass is 598 g/mol. The number of hydrogen-bond acceptors (Lipinski definition) is 10. The Bertz CT molecular complexity index is 1770. The van der Waals surface area contributed by atoms with Gasteiger partial charge in [0.2, 0.25) is 0 Å². The molecule has 0 aliphatic rings. The number of nitrogens with one attached hydrogen (secondary N) is 1. The lowest BCUT2D eigenvalue weighted by Gasteiger charge is -2.29. The zero-order valence-electron chi connectivity index (χ0n) is 24.0. The Morgan fingerprint density at radius 1 is 1.26 bits per heavy atom. The topological polar surface area (TPSA) is 149 Å². The molecule has 222 valence electrons. The standard InChI is InChI=1S/C27H31FN8O5S/c1-16-21-22(37)35(27(2,3)25(38)32-33(4)5)26(39)34(24(21)42-23(16)36-30-11-12-31-36)15-20(41-13-7-10-29)18-14-17(28)8-9-19(18)40-6/h8-9,11-12,14,20H,7,13,15H2,1-6H3,(H,32,38). The average Bonchev–Trinajstić information content (AvgIpc) is 3.58. The first kappa shape index (κ1) is 30.6. The zero-order chi connectivity index (χ0) is 30.8. The van der Waals surface area contributed by atoms with Gasteiger partial charge in [-0.1, -0.05) is 11.3 Å². The number of benzene rings is 1. The Balaban J connectivity index is 2.03. The van der Waals surface area contributed by atoms with Crippen molar-refractivity contribution in [2.24, 2.45) is 0 Å². The maximum Gasteiger partial charge on any atom is 0.333 e.